The highest BCUT2D eigenvalue weighted by molar-refractivity contribution is 7.89. The van der Waals surface area contributed by atoms with Crippen LogP contribution in [0.15, 0.2) is 59.5 Å². The maximum Gasteiger partial charge on any atom is 0.240 e. The lowest BCUT2D eigenvalue weighted by atomic mass is 9.91. The third kappa shape index (κ3) is 4.48. The summed E-state index contributed by atoms with van der Waals surface area (Å²) in [6.45, 7) is 6.33. The van der Waals surface area contributed by atoms with Crippen molar-refractivity contribution >= 4 is 10.0 Å². The van der Waals surface area contributed by atoms with Crippen molar-refractivity contribution in [3.63, 3.8) is 0 Å². The minimum Gasteiger partial charge on any atom is -0.372 e. The minimum atomic E-state index is -3.59. The highest BCUT2D eigenvalue weighted by atomic mass is 32.2. The number of benzene rings is 2. The van der Waals surface area contributed by atoms with Crippen LogP contribution in [0.3, 0.4) is 0 Å². The Bertz CT molecular complexity index is 764. The van der Waals surface area contributed by atoms with Gasteiger partial charge < -0.3 is 4.74 Å². The van der Waals surface area contributed by atoms with Gasteiger partial charge in [-0.15, -0.1) is 0 Å². The van der Waals surface area contributed by atoms with Gasteiger partial charge in [-0.2, -0.15) is 0 Å². The fourth-order valence-corrected chi connectivity index (χ4v) is 3.92. The molecule has 2 aromatic carbocycles. The van der Waals surface area contributed by atoms with E-state index < -0.39 is 15.6 Å². The Morgan fingerprint density at radius 3 is 2.12 bits per heavy atom. The van der Waals surface area contributed by atoms with Crippen LogP contribution in [0.1, 0.15) is 44.2 Å². The second-order valence-corrected chi connectivity index (χ2v) is 8.23. The fourth-order valence-electron chi connectivity index (χ4n) is 2.83. The lowest BCUT2D eigenvalue weighted by Gasteiger charge is -2.32. The van der Waals surface area contributed by atoms with E-state index in [0.29, 0.717) is 12.3 Å². The predicted molar refractivity (Wildman–Crippen MR) is 101 cm³/mol. The van der Waals surface area contributed by atoms with Gasteiger partial charge >= 0.3 is 0 Å². The van der Waals surface area contributed by atoms with Gasteiger partial charge in [0.05, 0.1) is 4.90 Å². The second kappa shape index (κ2) is 8.13. The molecule has 0 saturated heterocycles. The molecule has 0 bridgehead atoms. The number of hydrogen-bond donors (Lipinski definition) is 1. The van der Waals surface area contributed by atoms with Gasteiger partial charge in [0, 0.05) is 13.7 Å². The zero-order valence-electron chi connectivity index (χ0n) is 15.3. The summed E-state index contributed by atoms with van der Waals surface area (Å²) in [5, 5.41) is 0. The Morgan fingerprint density at radius 2 is 1.64 bits per heavy atom. The zero-order valence-corrected chi connectivity index (χ0v) is 16.1. The molecule has 0 aliphatic rings. The van der Waals surface area contributed by atoms with Crippen molar-refractivity contribution in [2.75, 3.05) is 13.7 Å². The predicted octanol–water partition coefficient (Wildman–Crippen LogP) is 4.04. The third-order valence-electron chi connectivity index (χ3n) is 4.67. The Hall–Kier alpha value is -1.69. The van der Waals surface area contributed by atoms with E-state index in [-0.39, 0.29) is 11.4 Å². The molecule has 25 heavy (non-hydrogen) atoms. The molecule has 0 radical (unpaired) electrons. The van der Waals surface area contributed by atoms with Crippen LogP contribution in [0, 0.1) is 0 Å². The first-order valence-electron chi connectivity index (χ1n) is 8.55. The van der Waals surface area contributed by atoms with Crippen molar-refractivity contribution in [3.05, 3.63) is 65.7 Å². The van der Waals surface area contributed by atoms with Crippen molar-refractivity contribution in [2.24, 2.45) is 0 Å². The van der Waals surface area contributed by atoms with Gasteiger partial charge in [-0.25, -0.2) is 13.1 Å². The first-order valence-corrected chi connectivity index (χ1v) is 10.0. The average molecular weight is 362 g/mol. The monoisotopic (exact) mass is 361 g/mol. The molecular weight excluding hydrogens is 334 g/mol. The lowest BCUT2D eigenvalue weighted by molar-refractivity contribution is -0.0133. The van der Waals surface area contributed by atoms with Crippen LogP contribution in [-0.4, -0.2) is 22.1 Å². The normalized spacial score (nSPS) is 14.4. The molecule has 0 fully saturated rings. The molecule has 4 nitrogen and oxygen atoms in total. The van der Waals surface area contributed by atoms with Crippen LogP contribution >= 0.6 is 0 Å². The van der Waals surface area contributed by atoms with Crippen LogP contribution < -0.4 is 4.72 Å². The number of ether oxygens (including phenoxy) is 1. The van der Waals surface area contributed by atoms with Crippen LogP contribution in [0.2, 0.25) is 0 Å². The number of hydrogen-bond acceptors (Lipinski definition) is 3. The summed E-state index contributed by atoms with van der Waals surface area (Å²) in [4.78, 5) is 0.270. The van der Waals surface area contributed by atoms with E-state index in [0.717, 1.165) is 11.1 Å². The molecule has 1 N–H and O–H groups in total. The Balaban J connectivity index is 2.21. The smallest absolute Gasteiger partial charge is 0.240 e. The zero-order chi connectivity index (χ0) is 18.5. The fraction of sp³-hybridized carbons (Fsp3) is 0.400. The maximum atomic E-state index is 12.7. The number of nitrogens with one attached hydrogen (secondary N) is 1. The van der Waals surface area contributed by atoms with Crippen molar-refractivity contribution < 1.29 is 13.2 Å². The highest BCUT2D eigenvalue weighted by Crippen LogP contribution is 2.28. The van der Waals surface area contributed by atoms with E-state index in [4.69, 9.17) is 4.74 Å². The van der Waals surface area contributed by atoms with Crippen LogP contribution in [0.25, 0.3) is 0 Å². The van der Waals surface area contributed by atoms with Crippen molar-refractivity contribution in [2.45, 2.75) is 43.6 Å². The van der Waals surface area contributed by atoms with Gasteiger partial charge in [-0.1, -0.05) is 63.2 Å². The molecule has 5 heteroatoms. The van der Waals surface area contributed by atoms with Gasteiger partial charge in [0.25, 0.3) is 0 Å². The van der Waals surface area contributed by atoms with Gasteiger partial charge in [0.1, 0.15) is 5.60 Å². The van der Waals surface area contributed by atoms with Crippen LogP contribution in [0.5, 0.6) is 0 Å². The molecule has 136 valence electrons. The molecule has 0 aliphatic carbocycles. The summed E-state index contributed by atoms with van der Waals surface area (Å²) in [6.07, 6.45) is 0.655. The first kappa shape index (κ1) is 19.6. The van der Waals surface area contributed by atoms with Gasteiger partial charge in [0.2, 0.25) is 10.0 Å². The first-order chi connectivity index (χ1) is 11.8. The van der Waals surface area contributed by atoms with Crippen molar-refractivity contribution in [1.29, 1.82) is 0 Å². The van der Waals surface area contributed by atoms with Crippen molar-refractivity contribution in [3.8, 4) is 0 Å². The maximum absolute atomic E-state index is 12.7. The largest absolute Gasteiger partial charge is 0.372 e. The lowest BCUT2D eigenvalue weighted by Crippen LogP contribution is -2.41. The molecule has 2 aromatic rings. The van der Waals surface area contributed by atoms with Crippen molar-refractivity contribution in [1.82, 2.24) is 4.72 Å². The molecule has 0 aromatic heterocycles. The molecule has 1 atom stereocenters. The Kier molecular flexibility index (Phi) is 6.38. The third-order valence-corrected chi connectivity index (χ3v) is 6.08. The molecule has 2 rings (SSSR count). The molecule has 0 amide bonds. The summed E-state index contributed by atoms with van der Waals surface area (Å²) in [5.41, 5.74) is 1.38. The SMILES string of the molecule is CCC(CNS(=O)(=O)c1ccc(C(C)C)cc1)(OC)c1ccccc1. The molecule has 1 unspecified atom stereocenters. The van der Waals surface area contributed by atoms with Gasteiger partial charge in [-0.05, 0) is 35.6 Å². The summed E-state index contributed by atoms with van der Waals surface area (Å²) < 4.78 is 33.8. The molecule has 0 spiro atoms. The van der Waals surface area contributed by atoms with Crippen LogP contribution in [-0.2, 0) is 20.4 Å². The van der Waals surface area contributed by atoms with E-state index in [9.17, 15) is 8.42 Å². The van der Waals surface area contributed by atoms with Gasteiger partial charge in [-0.3, -0.25) is 0 Å². The quantitative estimate of drug-likeness (QED) is 0.772. The molecule has 0 aliphatic heterocycles. The highest BCUT2D eigenvalue weighted by Gasteiger charge is 2.32. The Labute approximate surface area is 151 Å². The van der Waals surface area contributed by atoms with E-state index in [1.807, 2.05) is 49.4 Å². The number of rotatable bonds is 8. The van der Waals surface area contributed by atoms with E-state index in [1.54, 1.807) is 19.2 Å². The van der Waals surface area contributed by atoms with E-state index >= 15 is 0 Å². The minimum absolute atomic E-state index is 0.179. The standard InChI is InChI=1S/C20H27NO3S/c1-5-20(24-4,18-9-7-6-8-10-18)15-21-25(22,23)19-13-11-17(12-14-19)16(2)3/h6-14,16,21H,5,15H2,1-4H3. The summed E-state index contributed by atoms with van der Waals surface area (Å²) in [6, 6.07) is 16.7. The number of sulfonamides is 1. The average Bonchev–Trinajstić information content (AvgIpc) is 2.64. The number of methoxy groups -OCH3 is 1. The summed E-state index contributed by atoms with van der Waals surface area (Å²) in [7, 11) is -1.98. The molecule has 0 heterocycles. The summed E-state index contributed by atoms with van der Waals surface area (Å²) in [5.74, 6) is 0.365. The summed E-state index contributed by atoms with van der Waals surface area (Å²) >= 11 is 0. The molecule has 0 saturated carbocycles. The Morgan fingerprint density at radius 1 is 1.04 bits per heavy atom. The second-order valence-electron chi connectivity index (χ2n) is 6.47. The van der Waals surface area contributed by atoms with Gasteiger partial charge in [0.15, 0.2) is 0 Å². The van der Waals surface area contributed by atoms with E-state index in [1.165, 1.54) is 0 Å². The van der Waals surface area contributed by atoms with E-state index in [2.05, 4.69) is 18.6 Å². The topological polar surface area (TPSA) is 55.4 Å². The van der Waals surface area contributed by atoms with Crippen LogP contribution in [0.4, 0.5) is 0 Å². The molecular formula is C20H27NO3S.